The van der Waals surface area contributed by atoms with Crippen LogP contribution in [0.15, 0.2) is 0 Å². The van der Waals surface area contributed by atoms with Gasteiger partial charge in [0.1, 0.15) is 6.73 Å². The molecule has 1 aliphatic rings. The van der Waals surface area contributed by atoms with E-state index in [1.165, 1.54) is 12.0 Å². The average molecular weight is 131 g/mol. The Hall–Kier alpha value is -0.610. The molecule has 1 heterocycles. The molecule has 4 heteroatoms. The van der Waals surface area contributed by atoms with Crippen molar-refractivity contribution in [3.8, 4) is 0 Å². The summed E-state index contributed by atoms with van der Waals surface area (Å²) in [6, 6.07) is 0. The standard InChI is InChI=1S/C5H9NO3/c1-5(7)9-6-2-3-8-4-6/h2-4H2,1H3. The Morgan fingerprint density at radius 1 is 1.78 bits per heavy atom. The van der Waals surface area contributed by atoms with Crippen LogP contribution in [0.4, 0.5) is 0 Å². The van der Waals surface area contributed by atoms with Gasteiger partial charge >= 0.3 is 5.97 Å². The van der Waals surface area contributed by atoms with E-state index in [-0.39, 0.29) is 5.97 Å². The van der Waals surface area contributed by atoms with Crippen LogP contribution in [0, 0.1) is 0 Å². The largest absolute Gasteiger partial charge is 0.366 e. The molecule has 0 spiro atoms. The van der Waals surface area contributed by atoms with Crippen LogP contribution in [0.2, 0.25) is 0 Å². The van der Waals surface area contributed by atoms with Gasteiger partial charge in [-0.3, -0.25) is 4.79 Å². The first-order valence-electron chi connectivity index (χ1n) is 2.80. The fraction of sp³-hybridized carbons (Fsp3) is 0.800. The number of carbonyl (C=O) groups excluding carboxylic acids is 1. The fourth-order valence-electron chi connectivity index (χ4n) is 0.651. The molecule has 1 rings (SSSR count). The highest BCUT2D eigenvalue weighted by Crippen LogP contribution is 1.98. The highest BCUT2D eigenvalue weighted by Gasteiger charge is 2.13. The quantitative estimate of drug-likeness (QED) is 0.492. The van der Waals surface area contributed by atoms with Crippen LogP contribution >= 0.6 is 0 Å². The Balaban J connectivity index is 2.19. The van der Waals surface area contributed by atoms with E-state index in [1.54, 1.807) is 0 Å². The van der Waals surface area contributed by atoms with E-state index >= 15 is 0 Å². The SMILES string of the molecule is CC(=O)ON1CCOC1. The molecule has 0 aliphatic carbocycles. The van der Waals surface area contributed by atoms with Crippen LogP contribution in [-0.4, -0.2) is 30.9 Å². The zero-order valence-electron chi connectivity index (χ0n) is 5.29. The van der Waals surface area contributed by atoms with Gasteiger partial charge in [0.2, 0.25) is 0 Å². The summed E-state index contributed by atoms with van der Waals surface area (Å²) >= 11 is 0. The third-order valence-electron chi connectivity index (χ3n) is 0.978. The number of nitrogens with zero attached hydrogens (tertiary/aromatic N) is 1. The molecule has 9 heavy (non-hydrogen) atoms. The van der Waals surface area contributed by atoms with Crippen LogP contribution < -0.4 is 0 Å². The summed E-state index contributed by atoms with van der Waals surface area (Å²) < 4.78 is 4.91. The third-order valence-corrected chi connectivity index (χ3v) is 0.978. The highest BCUT2D eigenvalue weighted by molar-refractivity contribution is 5.65. The second-order valence-corrected chi connectivity index (χ2v) is 1.83. The van der Waals surface area contributed by atoms with Crippen molar-refractivity contribution in [1.82, 2.24) is 5.06 Å². The van der Waals surface area contributed by atoms with Gasteiger partial charge in [-0.15, -0.1) is 5.06 Å². The molecule has 0 aromatic rings. The van der Waals surface area contributed by atoms with Crippen LogP contribution in [0.3, 0.4) is 0 Å². The second kappa shape index (κ2) is 2.80. The van der Waals surface area contributed by atoms with Gasteiger partial charge in [0.15, 0.2) is 0 Å². The minimum Gasteiger partial charge on any atom is -0.366 e. The molecule has 4 nitrogen and oxygen atoms in total. The van der Waals surface area contributed by atoms with Crippen molar-refractivity contribution in [3.63, 3.8) is 0 Å². The molecule has 0 aromatic heterocycles. The molecular formula is C5H9NO3. The number of rotatable bonds is 1. The Labute approximate surface area is 53.3 Å². The maximum Gasteiger partial charge on any atom is 0.322 e. The normalized spacial score (nSPS) is 20.1. The zero-order valence-corrected chi connectivity index (χ0v) is 5.29. The van der Waals surface area contributed by atoms with Gasteiger partial charge in [0.25, 0.3) is 0 Å². The molecule has 0 unspecified atom stereocenters. The monoisotopic (exact) mass is 131 g/mol. The van der Waals surface area contributed by atoms with Crippen LogP contribution in [-0.2, 0) is 14.4 Å². The molecule has 1 saturated heterocycles. The van der Waals surface area contributed by atoms with Crippen LogP contribution in [0.25, 0.3) is 0 Å². The predicted molar refractivity (Wildman–Crippen MR) is 29.3 cm³/mol. The van der Waals surface area contributed by atoms with Crippen LogP contribution in [0.5, 0.6) is 0 Å². The lowest BCUT2D eigenvalue weighted by Crippen LogP contribution is -2.22. The molecule has 1 fully saturated rings. The topological polar surface area (TPSA) is 38.8 Å². The summed E-state index contributed by atoms with van der Waals surface area (Å²) in [6.07, 6.45) is 0. The molecule has 0 radical (unpaired) electrons. The first-order valence-corrected chi connectivity index (χ1v) is 2.80. The van der Waals surface area contributed by atoms with Gasteiger partial charge < -0.3 is 9.57 Å². The predicted octanol–water partition coefficient (Wildman–Crippen LogP) is -0.246. The minimum atomic E-state index is -0.291. The Morgan fingerprint density at radius 2 is 2.56 bits per heavy atom. The van der Waals surface area contributed by atoms with Crippen molar-refractivity contribution in [1.29, 1.82) is 0 Å². The van der Waals surface area contributed by atoms with Gasteiger partial charge in [-0.2, -0.15) is 0 Å². The van der Waals surface area contributed by atoms with E-state index < -0.39 is 0 Å². The first kappa shape index (κ1) is 6.51. The van der Waals surface area contributed by atoms with Crippen molar-refractivity contribution in [3.05, 3.63) is 0 Å². The fourth-order valence-corrected chi connectivity index (χ4v) is 0.651. The average Bonchev–Trinajstić information content (AvgIpc) is 2.15. The smallest absolute Gasteiger partial charge is 0.322 e. The van der Waals surface area contributed by atoms with Crippen LogP contribution in [0.1, 0.15) is 6.92 Å². The number of hydrogen-bond donors (Lipinski definition) is 0. The lowest BCUT2D eigenvalue weighted by molar-refractivity contribution is -0.189. The molecule has 52 valence electrons. The van der Waals surface area contributed by atoms with Gasteiger partial charge in [-0.1, -0.05) is 0 Å². The summed E-state index contributed by atoms with van der Waals surface area (Å²) in [7, 11) is 0. The van der Waals surface area contributed by atoms with Crippen molar-refractivity contribution in [2.45, 2.75) is 6.92 Å². The van der Waals surface area contributed by atoms with E-state index in [0.717, 1.165) is 0 Å². The van der Waals surface area contributed by atoms with Crippen molar-refractivity contribution >= 4 is 5.97 Å². The van der Waals surface area contributed by atoms with E-state index in [4.69, 9.17) is 4.74 Å². The van der Waals surface area contributed by atoms with E-state index in [2.05, 4.69) is 4.84 Å². The zero-order chi connectivity index (χ0) is 6.69. The summed E-state index contributed by atoms with van der Waals surface area (Å²) in [5.74, 6) is -0.291. The molecule has 0 amide bonds. The minimum absolute atomic E-state index is 0.291. The molecule has 0 bridgehead atoms. The van der Waals surface area contributed by atoms with Gasteiger partial charge in [-0.05, 0) is 0 Å². The first-order chi connectivity index (χ1) is 4.29. The third kappa shape index (κ3) is 1.99. The van der Waals surface area contributed by atoms with E-state index in [9.17, 15) is 4.79 Å². The van der Waals surface area contributed by atoms with Crippen molar-refractivity contribution in [2.24, 2.45) is 0 Å². The van der Waals surface area contributed by atoms with E-state index in [0.29, 0.717) is 19.9 Å². The highest BCUT2D eigenvalue weighted by atomic mass is 16.7. The van der Waals surface area contributed by atoms with Crippen molar-refractivity contribution in [2.75, 3.05) is 19.9 Å². The summed E-state index contributed by atoms with van der Waals surface area (Å²) in [5, 5.41) is 1.49. The second-order valence-electron chi connectivity index (χ2n) is 1.83. The molecule has 0 atom stereocenters. The molecule has 0 saturated carbocycles. The number of hydrogen-bond acceptors (Lipinski definition) is 4. The Kier molecular flexibility index (Phi) is 2.02. The van der Waals surface area contributed by atoms with Gasteiger partial charge in [0, 0.05) is 6.92 Å². The van der Waals surface area contributed by atoms with E-state index in [1.807, 2.05) is 0 Å². The lowest BCUT2D eigenvalue weighted by Gasteiger charge is -2.09. The Bertz CT molecular complexity index is 109. The number of ether oxygens (including phenoxy) is 1. The number of carbonyl (C=O) groups is 1. The maximum absolute atomic E-state index is 10.3. The summed E-state index contributed by atoms with van der Waals surface area (Å²) in [6.45, 7) is 3.10. The molecule has 0 N–H and O–H groups in total. The maximum atomic E-state index is 10.3. The van der Waals surface area contributed by atoms with Crippen molar-refractivity contribution < 1.29 is 14.4 Å². The van der Waals surface area contributed by atoms with Gasteiger partial charge in [0.05, 0.1) is 13.2 Å². The number of hydroxylamine groups is 2. The summed E-state index contributed by atoms with van der Waals surface area (Å²) in [5.41, 5.74) is 0. The molecule has 1 aliphatic heterocycles. The molecular weight excluding hydrogens is 122 g/mol. The lowest BCUT2D eigenvalue weighted by atomic mass is 10.7. The Morgan fingerprint density at radius 3 is 3.00 bits per heavy atom. The summed E-state index contributed by atoms with van der Waals surface area (Å²) in [4.78, 5) is 15.0. The molecule has 0 aromatic carbocycles. The van der Waals surface area contributed by atoms with Gasteiger partial charge in [-0.25, -0.2) is 0 Å².